The van der Waals surface area contributed by atoms with E-state index >= 15 is 0 Å². The smallest absolute Gasteiger partial charge is 0.308 e. The van der Waals surface area contributed by atoms with Crippen LogP contribution in [0.2, 0.25) is 0 Å². The van der Waals surface area contributed by atoms with Crippen LogP contribution in [-0.4, -0.2) is 39.5 Å². The number of ether oxygens (including phenoxy) is 3. The zero-order valence-corrected chi connectivity index (χ0v) is 15.6. The van der Waals surface area contributed by atoms with Crippen LogP contribution in [-0.2, 0) is 15.6 Å². The van der Waals surface area contributed by atoms with Crippen LogP contribution in [0.5, 0.6) is 23.0 Å². The van der Waals surface area contributed by atoms with Gasteiger partial charge >= 0.3 is 5.97 Å². The summed E-state index contributed by atoms with van der Waals surface area (Å²) in [6.07, 6.45) is 2.98. The van der Waals surface area contributed by atoms with E-state index in [1.165, 1.54) is 39.6 Å². The number of aromatic nitrogens is 2. The van der Waals surface area contributed by atoms with Gasteiger partial charge in [-0.1, -0.05) is 0 Å². The Kier molecular flexibility index (Phi) is 5.22. The number of phenolic OH excluding ortho intramolecular Hbond substituents is 1. The van der Waals surface area contributed by atoms with Crippen LogP contribution >= 0.6 is 0 Å². The SMILES string of the molecule is COc1c(OC)c(OC(C)=O)c2cc(S(=O)c3ncccn3)ccc2c1O. The van der Waals surface area contributed by atoms with Gasteiger partial charge in [0.25, 0.3) is 0 Å². The van der Waals surface area contributed by atoms with Gasteiger partial charge in [-0.05, 0) is 24.3 Å². The number of aromatic hydroxyl groups is 1. The van der Waals surface area contributed by atoms with Crippen molar-refractivity contribution >= 4 is 27.5 Å². The Morgan fingerprint density at radius 1 is 1.04 bits per heavy atom. The van der Waals surface area contributed by atoms with Crippen molar-refractivity contribution in [3.05, 3.63) is 36.7 Å². The number of fused-ring (bicyclic) bond motifs is 1. The summed E-state index contributed by atoms with van der Waals surface area (Å²) in [4.78, 5) is 19.9. The van der Waals surface area contributed by atoms with E-state index in [0.717, 1.165) is 0 Å². The molecule has 3 aromatic rings. The predicted molar refractivity (Wildman–Crippen MR) is 96.7 cm³/mol. The second-order valence-electron chi connectivity index (χ2n) is 5.35. The van der Waals surface area contributed by atoms with Crippen molar-refractivity contribution in [2.45, 2.75) is 17.0 Å². The van der Waals surface area contributed by atoms with Crippen LogP contribution in [0.1, 0.15) is 6.92 Å². The van der Waals surface area contributed by atoms with E-state index in [1.54, 1.807) is 18.2 Å². The second-order valence-corrected chi connectivity index (χ2v) is 6.72. The molecule has 0 amide bonds. The standard InChI is InChI=1S/C18H16N2O6S/c1-10(21)26-15-13-9-11(27(23)18-19-7-4-8-20-18)5-6-12(13)14(22)16(24-2)17(15)25-3/h4-9,22H,1-3H3. The highest BCUT2D eigenvalue weighted by Crippen LogP contribution is 2.50. The summed E-state index contributed by atoms with van der Waals surface area (Å²) in [6, 6.07) is 6.27. The molecule has 0 aliphatic heterocycles. The highest BCUT2D eigenvalue weighted by atomic mass is 32.2. The van der Waals surface area contributed by atoms with Gasteiger partial charge in [0.2, 0.25) is 16.7 Å². The van der Waals surface area contributed by atoms with E-state index < -0.39 is 16.8 Å². The lowest BCUT2D eigenvalue weighted by Gasteiger charge is -2.17. The summed E-state index contributed by atoms with van der Waals surface area (Å²) in [5.74, 6) is -0.630. The molecule has 0 saturated carbocycles. The van der Waals surface area contributed by atoms with Gasteiger partial charge in [-0.2, -0.15) is 0 Å². The minimum Gasteiger partial charge on any atom is -0.504 e. The van der Waals surface area contributed by atoms with E-state index in [-0.39, 0.29) is 28.2 Å². The third-order valence-corrected chi connectivity index (χ3v) is 4.92. The van der Waals surface area contributed by atoms with Gasteiger partial charge in [-0.25, -0.2) is 14.2 Å². The number of rotatable bonds is 5. The van der Waals surface area contributed by atoms with E-state index in [0.29, 0.717) is 15.7 Å². The zero-order chi connectivity index (χ0) is 19.6. The van der Waals surface area contributed by atoms with Gasteiger partial charge in [0.15, 0.2) is 11.5 Å². The lowest BCUT2D eigenvalue weighted by Crippen LogP contribution is -2.05. The van der Waals surface area contributed by atoms with E-state index in [2.05, 4.69) is 9.97 Å². The van der Waals surface area contributed by atoms with Crippen molar-refractivity contribution < 1.29 is 28.3 Å². The topological polar surface area (TPSA) is 108 Å². The molecule has 3 rings (SSSR count). The molecule has 8 nitrogen and oxygen atoms in total. The average Bonchev–Trinajstić information content (AvgIpc) is 2.69. The van der Waals surface area contributed by atoms with Crippen LogP contribution in [0.3, 0.4) is 0 Å². The fourth-order valence-electron chi connectivity index (χ4n) is 2.59. The minimum atomic E-state index is -1.66. The fraction of sp³-hybridized carbons (Fsp3) is 0.167. The first-order valence-corrected chi connectivity index (χ1v) is 8.90. The molecule has 0 fully saturated rings. The number of benzene rings is 2. The Morgan fingerprint density at radius 3 is 2.30 bits per heavy atom. The number of methoxy groups -OCH3 is 2. The fourth-order valence-corrected chi connectivity index (χ4v) is 3.54. The summed E-state index contributed by atoms with van der Waals surface area (Å²) < 4.78 is 28.5. The molecule has 9 heteroatoms. The molecule has 0 spiro atoms. The largest absolute Gasteiger partial charge is 0.504 e. The lowest BCUT2D eigenvalue weighted by atomic mass is 10.1. The first-order chi connectivity index (χ1) is 13.0. The third kappa shape index (κ3) is 3.41. The van der Waals surface area contributed by atoms with E-state index in [1.807, 2.05) is 0 Å². The third-order valence-electron chi connectivity index (χ3n) is 3.69. The summed E-state index contributed by atoms with van der Waals surface area (Å²) in [7, 11) is 1.05. The maximum atomic E-state index is 12.7. The van der Waals surface area contributed by atoms with Crippen LogP contribution in [0.25, 0.3) is 10.8 Å². The number of hydrogen-bond donors (Lipinski definition) is 1. The molecule has 0 bridgehead atoms. The van der Waals surface area contributed by atoms with E-state index in [9.17, 15) is 14.1 Å². The van der Waals surface area contributed by atoms with Crippen LogP contribution in [0, 0.1) is 0 Å². The van der Waals surface area contributed by atoms with Gasteiger partial charge in [0.1, 0.15) is 10.8 Å². The number of carbonyl (C=O) groups excluding carboxylic acids is 1. The number of esters is 1. The van der Waals surface area contributed by atoms with Crippen molar-refractivity contribution in [3.63, 3.8) is 0 Å². The molecule has 0 aliphatic carbocycles. The Balaban J connectivity index is 2.28. The lowest BCUT2D eigenvalue weighted by molar-refractivity contribution is -0.131. The van der Waals surface area contributed by atoms with Crippen molar-refractivity contribution in [2.75, 3.05) is 14.2 Å². The highest BCUT2D eigenvalue weighted by molar-refractivity contribution is 7.85. The second kappa shape index (κ2) is 7.58. The molecule has 27 heavy (non-hydrogen) atoms. The maximum Gasteiger partial charge on any atom is 0.308 e. The van der Waals surface area contributed by atoms with Gasteiger partial charge in [-0.15, -0.1) is 0 Å². The number of hydrogen-bond acceptors (Lipinski definition) is 8. The zero-order valence-electron chi connectivity index (χ0n) is 14.8. The molecule has 1 N–H and O–H groups in total. The molecule has 0 aliphatic rings. The molecule has 140 valence electrons. The summed E-state index contributed by atoms with van der Waals surface area (Å²) in [5.41, 5.74) is 0. The van der Waals surface area contributed by atoms with Crippen molar-refractivity contribution in [2.24, 2.45) is 0 Å². The van der Waals surface area contributed by atoms with Crippen molar-refractivity contribution in [1.82, 2.24) is 9.97 Å². The van der Waals surface area contributed by atoms with Crippen LogP contribution in [0.4, 0.5) is 0 Å². The van der Waals surface area contributed by atoms with Crippen LogP contribution < -0.4 is 14.2 Å². The number of phenols is 1. The van der Waals surface area contributed by atoms with Gasteiger partial charge < -0.3 is 19.3 Å². The number of nitrogens with zero attached hydrogens (tertiary/aromatic N) is 2. The van der Waals surface area contributed by atoms with Gasteiger partial charge in [-0.3, -0.25) is 4.79 Å². The summed E-state index contributed by atoms with van der Waals surface area (Å²) in [6.45, 7) is 1.24. The Bertz CT molecular complexity index is 1040. The van der Waals surface area contributed by atoms with E-state index in [4.69, 9.17) is 14.2 Å². The first kappa shape index (κ1) is 18.6. The molecule has 0 saturated heterocycles. The van der Waals surface area contributed by atoms with Crippen LogP contribution in [0.15, 0.2) is 46.7 Å². The summed E-state index contributed by atoms with van der Waals surface area (Å²) in [5, 5.41) is 11.3. The van der Waals surface area contributed by atoms with Crippen molar-refractivity contribution in [1.29, 1.82) is 0 Å². The molecular formula is C18H16N2O6S. The predicted octanol–water partition coefficient (Wildman–Crippen LogP) is 2.44. The Hall–Kier alpha value is -3.20. The quantitative estimate of drug-likeness (QED) is 0.403. The maximum absolute atomic E-state index is 12.7. The minimum absolute atomic E-state index is 0.0292. The van der Waals surface area contributed by atoms with Gasteiger partial charge in [0, 0.05) is 35.0 Å². The molecule has 1 unspecified atom stereocenters. The highest BCUT2D eigenvalue weighted by Gasteiger charge is 2.24. The Morgan fingerprint density at radius 2 is 1.70 bits per heavy atom. The molecule has 1 heterocycles. The average molecular weight is 388 g/mol. The molecule has 1 aromatic heterocycles. The van der Waals surface area contributed by atoms with Gasteiger partial charge in [0.05, 0.1) is 14.2 Å². The number of carbonyl (C=O) groups is 1. The molecule has 1 atom stereocenters. The normalized spacial score (nSPS) is 11.8. The monoisotopic (exact) mass is 388 g/mol. The Labute approximate surface area is 157 Å². The molecular weight excluding hydrogens is 372 g/mol. The molecule has 2 aromatic carbocycles. The molecule has 0 radical (unpaired) electrons. The first-order valence-electron chi connectivity index (χ1n) is 7.75. The summed E-state index contributed by atoms with van der Waals surface area (Å²) >= 11 is 0. The van der Waals surface area contributed by atoms with Crippen molar-refractivity contribution in [3.8, 4) is 23.0 Å².